The van der Waals surface area contributed by atoms with Crippen LogP contribution in [0.3, 0.4) is 0 Å². The monoisotopic (exact) mass is 424 g/mol. The zero-order valence-electron chi connectivity index (χ0n) is 19.4. The maximum atomic E-state index is 13.4. The molecule has 0 aliphatic heterocycles. The van der Waals surface area contributed by atoms with Gasteiger partial charge in [0.15, 0.2) is 5.58 Å². The quantitative estimate of drug-likeness (QED) is 0.569. The largest absolute Gasteiger partial charge is 0.507 e. The molecule has 0 bridgehead atoms. The molecule has 0 fully saturated rings. The first-order chi connectivity index (χ1) is 14.7. The summed E-state index contributed by atoms with van der Waals surface area (Å²) in [7, 11) is 1.61. The number of phenolic OH excluding ortho intramolecular Hbond substituents is 1. The van der Waals surface area contributed by atoms with Gasteiger partial charge in [-0.1, -0.05) is 39.8 Å². The van der Waals surface area contributed by atoms with Crippen LogP contribution in [0.4, 0.5) is 0 Å². The average molecular weight is 425 g/mol. The molecule has 5 heteroatoms. The van der Waals surface area contributed by atoms with E-state index < -0.39 is 0 Å². The van der Waals surface area contributed by atoms with Crippen molar-refractivity contribution in [3.05, 3.63) is 57.9 Å². The highest BCUT2D eigenvalue weighted by molar-refractivity contribution is 5.86. The van der Waals surface area contributed by atoms with Gasteiger partial charge in [-0.05, 0) is 36.8 Å². The van der Waals surface area contributed by atoms with Gasteiger partial charge in [-0.2, -0.15) is 0 Å². The lowest BCUT2D eigenvalue weighted by atomic mass is 10.0. The maximum absolute atomic E-state index is 13.4. The molecule has 0 saturated carbocycles. The van der Waals surface area contributed by atoms with Crippen molar-refractivity contribution in [2.24, 2.45) is 11.8 Å². The molecule has 0 saturated heterocycles. The second-order valence-electron chi connectivity index (χ2n) is 9.15. The van der Waals surface area contributed by atoms with E-state index in [0.29, 0.717) is 46.2 Å². The summed E-state index contributed by atoms with van der Waals surface area (Å²) in [4.78, 5) is 14.8. The number of aryl methyl sites for hydroxylation is 1. The molecule has 166 valence electrons. The molecule has 2 N–H and O–H groups in total. The Balaban J connectivity index is 2.12. The van der Waals surface area contributed by atoms with Crippen LogP contribution in [0, 0.1) is 18.8 Å². The van der Waals surface area contributed by atoms with Crippen LogP contribution >= 0.6 is 0 Å². The molecule has 3 aromatic rings. The van der Waals surface area contributed by atoms with E-state index in [1.54, 1.807) is 26.2 Å². The summed E-state index contributed by atoms with van der Waals surface area (Å²) >= 11 is 0. The minimum Gasteiger partial charge on any atom is -0.507 e. The van der Waals surface area contributed by atoms with Crippen molar-refractivity contribution < 1.29 is 19.2 Å². The molecule has 3 rings (SSSR count). The van der Waals surface area contributed by atoms with Gasteiger partial charge in [0.05, 0.1) is 36.7 Å². The molecule has 0 amide bonds. The molecule has 0 atom stereocenters. The van der Waals surface area contributed by atoms with Crippen molar-refractivity contribution >= 4 is 11.0 Å². The fourth-order valence-electron chi connectivity index (χ4n) is 4.31. The Bertz CT molecular complexity index is 1090. The summed E-state index contributed by atoms with van der Waals surface area (Å²) in [6.45, 7) is 13.2. The summed E-state index contributed by atoms with van der Waals surface area (Å²) in [6, 6.07) is 10.7. The molecule has 0 unspecified atom stereocenters. The van der Waals surface area contributed by atoms with Gasteiger partial charge in [0, 0.05) is 11.8 Å². The minimum absolute atomic E-state index is 0.0839. The standard InChI is InChI=1S/C26H33NO4/c1-16(2)13-27(14-17(3)4)15-22-23(28)12-11-21-25(29)24(18(5)31-26(21)22)19-7-9-20(30-6)10-8-19/h7-12,16-17,28H,13-15H2,1-6H3/p+1. The van der Waals surface area contributed by atoms with Crippen LogP contribution in [-0.2, 0) is 6.54 Å². The van der Waals surface area contributed by atoms with Gasteiger partial charge >= 0.3 is 0 Å². The van der Waals surface area contributed by atoms with E-state index >= 15 is 0 Å². The summed E-state index contributed by atoms with van der Waals surface area (Å²) in [5.41, 5.74) is 2.44. The number of hydrogen-bond donors (Lipinski definition) is 2. The molecule has 0 aliphatic rings. The number of benzene rings is 2. The van der Waals surface area contributed by atoms with Crippen molar-refractivity contribution in [1.29, 1.82) is 0 Å². The highest BCUT2D eigenvalue weighted by Crippen LogP contribution is 2.30. The normalized spacial score (nSPS) is 11.8. The van der Waals surface area contributed by atoms with Crippen LogP contribution in [-0.4, -0.2) is 25.3 Å². The second kappa shape index (κ2) is 9.56. The average Bonchev–Trinajstić information content (AvgIpc) is 2.69. The molecule has 5 nitrogen and oxygen atoms in total. The van der Waals surface area contributed by atoms with E-state index in [-0.39, 0.29) is 11.2 Å². The van der Waals surface area contributed by atoms with Crippen LogP contribution in [0.15, 0.2) is 45.6 Å². The number of rotatable bonds is 8. The Hall–Kier alpha value is -2.79. The summed E-state index contributed by atoms with van der Waals surface area (Å²) in [5.74, 6) is 2.51. The van der Waals surface area contributed by atoms with Crippen molar-refractivity contribution in [1.82, 2.24) is 0 Å². The minimum atomic E-state index is -0.0839. The van der Waals surface area contributed by atoms with E-state index in [1.165, 1.54) is 4.90 Å². The number of phenols is 1. The van der Waals surface area contributed by atoms with Crippen molar-refractivity contribution in [3.63, 3.8) is 0 Å². The zero-order valence-corrected chi connectivity index (χ0v) is 19.4. The van der Waals surface area contributed by atoms with Crippen molar-refractivity contribution in [2.75, 3.05) is 20.2 Å². The Labute approximate surface area is 184 Å². The van der Waals surface area contributed by atoms with Gasteiger partial charge in [-0.3, -0.25) is 4.79 Å². The third-order valence-corrected chi connectivity index (χ3v) is 5.51. The Morgan fingerprint density at radius 1 is 1.00 bits per heavy atom. The van der Waals surface area contributed by atoms with Gasteiger partial charge in [0.1, 0.15) is 23.8 Å². The fourth-order valence-corrected chi connectivity index (χ4v) is 4.31. The predicted octanol–water partition coefficient (Wildman–Crippen LogP) is 4.18. The molecule has 31 heavy (non-hydrogen) atoms. The zero-order chi connectivity index (χ0) is 22.7. The first kappa shape index (κ1) is 22.9. The van der Waals surface area contributed by atoms with E-state index in [1.807, 2.05) is 24.3 Å². The lowest BCUT2D eigenvalue weighted by Gasteiger charge is -2.24. The van der Waals surface area contributed by atoms with E-state index in [2.05, 4.69) is 27.7 Å². The van der Waals surface area contributed by atoms with Gasteiger partial charge in [0.2, 0.25) is 5.43 Å². The number of aromatic hydroxyl groups is 1. The molecule has 2 aromatic carbocycles. The highest BCUT2D eigenvalue weighted by atomic mass is 16.5. The summed E-state index contributed by atoms with van der Waals surface area (Å²) in [5, 5.41) is 11.2. The molecule has 0 aliphatic carbocycles. The lowest BCUT2D eigenvalue weighted by Crippen LogP contribution is -3.11. The molecule has 0 radical (unpaired) electrons. The van der Waals surface area contributed by atoms with Gasteiger partial charge in [-0.15, -0.1) is 0 Å². The van der Waals surface area contributed by atoms with Crippen LogP contribution in [0.2, 0.25) is 0 Å². The van der Waals surface area contributed by atoms with Crippen LogP contribution in [0.1, 0.15) is 39.0 Å². The van der Waals surface area contributed by atoms with Crippen molar-refractivity contribution in [3.8, 4) is 22.6 Å². The summed E-state index contributed by atoms with van der Waals surface area (Å²) < 4.78 is 11.4. The SMILES string of the molecule is COc1ccc(-c2c(C)oc3c(C[NH+](CC(C)C)CC(C)C)c(O)ccc3c2=O)cc1. The maximum Gasteiger partial charge on any atom is 0.200 e. The smallest absolute Gasteiger partial charge is 0.200 e. The third kappa shape index (κ3) is 5.10. The molecule has 1 aromatic heterocycles. The Morgan fingerprint density at radius 3 is 2.16 bits per heavy atom. The number of fused-ring (bicyclic) bond motifs is 1. The molecule has 1 heterocycles. The Kier molecular flexibility index (Phi) is 7.06. The third-order valence-electron chi connectivity index (χ3n) is 5.51. The molecule has 0 spiro atoms. The van der Waals surface area contributed by atoms with Gasteiger partial charge in [-0.25, -0.2) is 0 Å². The number of quaternary nitrogens is 1. The predicted molar refractivity (Wildman–Crippen MR) is 125 cm³/mol. The first-order valence-electron chi connectivity index (χ1n) is 11.0. The van der Waals surface area contributed by atoms with Crippen molar-refractivity contribution in [2.45, 2.75) is 41.2 Å². The number of hydrogen-bond acceptors (Lipinski definition) is 4. The topological polar surface area (TPSA) is 64.1 Å². The molecular weight excluding hydrogens is 390 g/mol. The summed E-state index contributed by atoms with van der Waals surface area (Å²) in [6.07, 6.45) is 0. The first-order valence-corrected chi connectivity index (χ1v) is 11.0. The van der Waals surface area contributed by atoms with Gasteiger partial charge < -0.3 is 19.2 Å². The molecular formula is C26H34NO4+. The van der Waals surface area contributed by atoms with E-state index in [4.69, 9.17) is 9.15 Å². The second-order valence-corrected chi connectivity index (χ2v) is 9.15. The van der Waals surface area contributed by atoms with Crippen LogP contribution in [0.25, 0.3) is 22.1 Å². The highest BCUT2D eigenvalue weighted by Gasteiger charge is 2.22. The van der Waals surface area contributed by atoms with Crippen LogP contribution in [0.5, 0.6) is 11.5 Å². The van der Waals surface area contributed by atoms with Crippen LogP contribution < -0.4 is 15.1 Å². The fraction of sp³-hybridized carbons (Fsp3) is 0.423. The van der Waals surface area contributed by atoms with Gasteiger partial charge in [0.25, 0.3) is 0 Å². The Morgan fingerprint density at radius 2 is 1.61 bits per heavy atom. The van der Waals surface area contributed by atoms with E-state index in [0.717, 1.165) is 24.4 Å². The number of ether oxygens (including phenoxy) is 1. The lowest BCUT2D eigenvalue weighted by molar-refractivity contribution is -0.919. The van der Waals surface area contributed by atoms with E-state index in [9.17, 15) is 9.90 Å². The number of methoxy groups -OCH3 is 1. The number of nitrogens with one attached hydrogen (secondary N) is 1.